The third kappa shape index (κ3) is 48.6. The van der Waals surface area contributed by atoms with Crippen molar-refractivity contribution in [3.63, 3.8) is 0 Å². The summed E-state index contributed by atoms with van der Waals surface area (Å²) < 4.78 is 80.0. The van der Waals surface area contributed by atoms with E-state index in [1.54, 1.807) is 49.6 Å². The van der Waals surface area contributed by atoms with E-state index in [1.807, 2.05) is 0 Å². The number of hydrogen-bond donors (Lipinski definition) is 9. The molecule has 646 valence electrons. The van der Waals surface area contributed by atoms with Gasteiger partial charge in [-0.05, 0) is 128 Å². The fourth-order valence-corrected chi connectivity index (χ4v) is 11.5. The number of benzene rings is 4. The van der Waals surface area contributed by atoms with Gasteiger partial charge in [0, 0.05) is 91.9 Å². The molecule has 4 aromatic carbocycles. The van der Waals surface area contributed by atoms with E-state index in [0.717, 1.165) is 63.5 Å². The second-order valence-corrected chi connectivity index (χ2v) is 30.4. The standard InChI is InChI=1S/C26H34F2N2O2.C25H34F2N2O.C7H6N4O.C6H15N.2C4H4N2O.2CH2Cl2.CH2O2.2CH4.3ClH.Mg.H2O4S/c1-18(2)20-7-6-8-21(14-20)26(9-4-3-5-10-26)30-16-25(32)24(29-17-31)13-19-11-22(27)15-23(28)12-19;1-17(2)19-7-6-8-20(14-19)25(9-4-3-5-10-25)29-16-24(30)23(28)13-18-11-21(26)15-22(27)12-18;12-7(10-3-1-8-5-10)11-4-2-9-6-11;1-4-7(5-2)6-3;2*7-4-6-2-1-5-3-6;3*2-1-3;;;;;;;1-4-5(2)3/h6-8,11-12,14-15,17-18,24-25,30,32H,3-5,9-10,13,16H2,1-2H3,(H,29,31);6-8,11-12,14-15,17,23-24,29-30H,3-5,9-10,13,16,28H2,1-2H3;1-6H;4-6H2,1-3H3;2*1-4H;2*1H2;1H,(H,2,3);2*1H4;3*1H;;1H,(H,2,3)/t24-,25+;23-,24+;;;;;;;;;;;;;;/m00............../s1. The topological polar surface area (TPSA) is 349 Å². The van der Waals surface area contributed by atoms with Gasteiger partial charge in [-0.15, -0.1) is 83.6 Å². The molecule has 38 heteroatoms. The van der Waals surface area contributed by atoms with Gasteiger partial charge in [0.05, 0.1) is 28.9 Å². The number of aliphatic hydroxyl groups excluding tert-OH is 2. The Morgan fingerprint density at radius 2 is 0.930 bits per heavy atom. The molecule has 8 aromatic rings. The van der Waals surface area contributed by atoms with Gasteiger partial charge in [0.1, 0.15) is 48.6 Å². The molecule has 5 atom stereocenters. The number of carbonyl (C=O) groups excluding carboxylic acids is 4. The van der Waals surface area contributed by atoms with Crippen molar-refractivity contribution in [2.45, 2.75) is 188 Å². The summed E-state index contributed by atoms with van der Waals surface area (Å²) in [5, 5.41) is 46.1. The Morgan fingerprint density at radius 1 is 0.600 bits per heavy atom. The molecule has 25 nitrogen and oxygen atoms in total. The number of hydrogen-bond acceptors (Lipinski definition) is 18. The summed E-state index contributed by atoms with van der Waals surface area (Å²) >= 11 is 19.7. The first-order valence-electron chi connectivity index (χ1n) is 35.3. The van der Waals surface area contributed by atoms with Crippen molar-refractivity contribution in [2.75, 3.05) is 43.4 Å². The molecule has 115 heavy (non-hydrogen) atoms. The number of nitrogens with zero attached hydrogens (tertiary/aromatic N) is 9. The normalized spacial score (nSPS) is 13.9. The molecule has 0 aliphatic heterocycles. The molecule has 0 spiro atoms. The molecule has 2 aliphatic rings. The number of aliphatic hydroxyl groups is 2. The summed E-state index contributed by atoms with van der Waals surface area (Å²) in [6.07, 6.45) is 29.7. The molecule has 10 N–H and O–H groups in total. The number of imidazole rings is 4. The van der Waals surface area contributed by atoms with E-state index >= 15 is 0 Å². The zero-order valence-corrected chi connectivity index (χ0v) is 72.0. The van der Waals surface area contributed by atoms with Crippen LogP contribution >= 0.6 is 83.6 Å². The van der Waals surface area contributed by atoms with E-state index in [-0.39, 0.29) is 106 Å². The molecule has 1 unspecified atom stereocenters. The molecule has 4 heterocycles. The van der Waals surface area contributed by atoms with Gasteiger partial charge in [-0.25, -0.2) is 42.3 Å². The molecular weight excluding hydrogens is 1680 g/mol. The first kappa shape index (κ1) is 118. The minimum atomic E-state index is -3.33. The molecule has 0 saturated heterocycles. The van der Waals surface area contributed by atoms with Crippen molar-refractivity contribution < 1.29 is 75.2 Å². The van der Waals surface area contributed by atoms with Gasteiger partial charge in [0.15, 0.2) is 0 Å². The van der Waals surface area contributed by atoms with E-state index in [1.165, 1.54) is 123 Å². The van der Waals surface area contributed by atoms with E-state index in [4.69, 9.17) is 71.8 Å². The number of carbonyl (C=O) groups is 5. The summed E-state index contributed by atoms with van der Waals surface area (Å²) in [5.74, 6) is -1.73. The number of nitrogens with one attached hydrogen (secondary N) is 3. The van der Waals surface area contributed by atoms with Crippen LogP contribution in [0, 0.1) is 23.3 Å². The molecule has 2 aliphatic carbocycles. The van der Waals surface area contributed by atoms with Crippen LogP contribution < -0.4 is 21.7 Å². The molecule has 2 saturated carbocycles. The average molecular weight is 1800 g/mol. The monoisotopic (exact) mass is 1790 g/mol. The van der Waals surface area contributed by atoms with E-state index in [0.29, 0.717) is 68.5 Å². The van der Waals surface area contributed by atoms with Crippen molar-refractivity contribution in [2.24, 2.45) is 5.73 Å². The number of rotatable bonds is 24. The summed E-state index contributed by atoms with van der Waals surface area (Å²) in [6.45, 7) is 19.2. The number of aromatic nitrogens is 8. The van der Waals surface area contributed by atoms with Crippen LogP contribution in [0.15, 0.2) is 160 Å². The number of nitrogens with two attached hydrogens (primary N) is 1. The molecule has 2 fully saturated rings. The zero-order valence-electron chi connectivity index (χ0n) is 64.3. The number of carboxylic acid groups (broad SMARTS) is 1. The molecule has 10 rings (SSSR count). The van der Waals surface area contributed by atoms with Gasteiger partial charge in [0.2, 0.25) is 19.2 Å². The fraction of sp³-hybridized carbons (Fsp3) is 0.468. The van der Waals surface area contributed by atoms with Crippen LogP contribution in [-0.4, -0.2) is 192 Å². The summed E-state index contributed by atoms with van der Waals surface area (Å²) in [7, 11) is -3.33. The van der Waals surface area contributed by atoms with Gasteiger partial charge in [-0.3, -0.25) is 37.4 Å². The number of halogens is 11. The van der Waals surface area contributed by atoms with Crippen molar-refractivity contribution in [3.8, 4) is 0 Å². The third-order valence-electron chi connectivity index (χ3n) is 17.1. The van der Waals surface area contributed by atoms with Crippen LogP contribution in [0.2, 0.25) is 0 Å². The SMILES string of the molecule is C.C.CC(C)c1cccc(C2(NC[C@@H](O)[C@@H](N)Cc3cc(F)cc(F)c3)CCCCC2)c1.CC(C)c1cccc(C2(NC[C@@H](O)[C@H](Cc3cc(F)cc(F)c3)NC=O)CCCCC2)c1.CCN(CC)CC.Cl.Cl.Cl.ClCCl.ClCCl.O=C(n1ccnc1)n1ccnc1.O=CO.O=Cn1ccnc1.O=Cn1ccnc1.O=[S](O)(=[Mg])OO. The Kier molecular flexibility index (Phi) is 69.3. The van der Waals surface area contributed by atoms with Gasteiger partial charge < -0.3 is 41.9 Å². The zero-order chi connectivity index (χ0) is 82.5. The maximum absolute atomic E-state index is 13.6. The Bertz CT molecular complexity index is 3750. The Balaban J connectivity index is -0.000000439. The number of amides is 1. The minimum absolute atomic E-state index is 0. The molecule has 1 amide bonds. The fourth-order valence-electron chi connectivity index (χ4n) is 11.5. The molecule has 0 radical (unpaired) electrons. The van der Waals surface area contributed by atoms with E-state index in [2.05, 4.69) is 142 Å². The van der Waals surface area contributed by atoms with E-state index in [9.17, 15) is 51.2 Å². The van der Waals surface area contributed by atoms with Crippen LogP contribution in [0.5, 0.6) is 0 Å². The first-order valence-corrected chi connectivity index (χ1v) is 40.7. The van der Waals surface area contributed by atoms with Crippen molar-refractivity contribution in [1.29, 1.82) is 0 Å². The maximum atomic E-state index is 13.6. The van der Waals surface area contributed by atoms with Gasteiger partial charge >= 0.3 is 51.5 Å². The predicted molar refractivity (Wildman–Crippen MR) is 460 cm³/mol. The van der Waals surface area contributed by atoms with Crippen LogP contribution in [0.4, 0.5) is 22.4 Å². The summed E-state index contributed by atoms with van der Waals surface area (Å²) in [6, 6.07) is 22.5. The predicted octanol–water partition coefficient (Wildman–Crippen LogP) is 15.4. The quantitative estimate of drug-likeness (QED) is 0.00677. The van der Waals surface area contributed by atoms with Gasteiger partial charge in [0.25, 0.3) is 6.47 Å². The molecular formula is C77H116Cl7F4MgN13O12S. The van der Waals surface area contributed by atoms with E-state index < -0.39 is 54.9 Å². The molecule has 0 bridgehead atoms. The molecule has 4 aromatic heterocycles. The Morgan fingerprint density at radius 3 is 1.20 bits per heavy atom. The van der Waals surface area contributed by atoms with Gasteiger partial charge in [-0.1, -0.05) is 150 Å². The van der Waals surface area contributed by atoms with Crippen LogP contribution in [0.1, 0.15) is 173 Å². The summed E-state index contributed by atoms with van der Waals surface area (Å²) in [5.41, 5.74) is 11.7. The second-order valence-electron chi connectivity index (χ2n) is 25.3. The Hall–Kier alpha value is -6.02. The van der Waals surface area contributed by atoms with Crippen molar-refractivity contribution >= 4 is 142 Å². The van der Waals surface area contributed by atoms with Crippen molar-refractivity contribution in [3.05, 3.63) is 216 Å². The van der Waals surface area contributed by atoms with Crippen LogP contribution in [0.25, 0.3) is 0 Å². The summed E-state index contributed by atoms with van der Waals surface area (Å²) in [4.78, 5) is 67.6. The van der Waals surface area contributed by atoms with Crippen LogP contribution in [-0.2, 0) is 54.7 Å². The second kappa shape index (κ2) is 67.8. The average Bonchev–Trinajstić information content (AvgIpc) is 1.79. The van der Waals surface area contributed by atoms with Crippen molar-refractivity contribution in [1.82, 2.24) is 59.1 Å². The number of alkyl halides is 4. The van der Waals surface area contributed by atoms with Crippen LogP contribution in [0.3, 0.4) is 0 Å². The Labute approximate surface area is 724 Å². The van der Waals surface area contributed by atoms with Gasteiger partial charge in [-0.2, -0.15) is 0 Å². The third-order valence-corrected chi connectivity index (χ3v) is 17.7. The first-order chi connectivity index (χ1) is 52.5.